The summed E-state index contributed by atoms with van der Waals surface area (Å²) in [5.74, 6) is -0.285. The highest BCUT2D eigenvalue weighted by Gasteiger charge is 2.44. The first kappa shape index (κ1) is 17.2. The van der Waals surface area contributed by atoms with Crippen molar-refractivity contribution in [1.29, 1.82) is 0 Å². The fourth-order valence-electron chi connectivity index (χ4n) is 4.14. The van der Waals surface area contributed by atoms with Gasteiger partial charge in [0.2, 0.25) is 0 Å². The monoisotopic (exact) mass is 353 g/mol. The average Bonchev–Trinajstić information content (AvgIpc) is 3.47. The lowest BCUT2D eigenvalue weighted by Gasteiger charge is -2.42. The minimum Gasteiger partial charge on any atom is -0.404 e. The van der Waals surface area contributed by atoms with Crippen molar-refractivity contribution in [1.82, 2.24) is 5.32 Å². The van der Waals surface area contributed by atoms with Crippen molar-refractivity contribution < 1.29 is 9.18 Å². The molecule has 2 unspecified atom stereocenters. The standard InChI is InChI=1S/C21H24FN3O/c22-16-2-5-18(6-3-16)25-20-9-15-1-4-19(24-17-7-8-17)11-21(15,13-26)10-14(20)12-23/h2-3,5-6,9,12-13,17,19,24H,1,4,7-8,10-11,23H2/b14-12-,25-20?. The highest BCUT2D eigenvalue weighted by molar-refractivity contribution is 6.12. The summed E-state index contributed by atoms with van der Waals surface area (Å²) in [6.07, 6.45) is 10.5. The van der Waals surface area contributed by atoms with E-state index in [9.17, 15) is 9.18 Å². The first-order chi connectivity index (χ1) is 12.6. The zero-order chi connectivity index (χ0) is 18.1. The molecule has 1 aromatic rings. The topological polar surface area (TPSA) is 67.5 Å². The zero-order valence-electron chi connectivity index (χ0n) is 14.7. The quantitative estimate of drug-likeness (QED) is 0.813. The first-order valence-corrected chi connectivity index (χ1v) is 9.31. The van der Waals surface area contributed by atoms with Gasteiger partial charge in [-0.1, -0.05) is 5.57 Å². The van der Waals surface area contributed by atoms with Gasteiger partial charge in [0, 0.05) is 12.1 Å². The van der Waals surface area contributed by atoms with Crippen LogP contribution < -0.4 is 11.1 Å². The Morgan fingerprint density at radius 3 is 2.62 bits per heavy atom. The molecule has 0 aliphatic heterocycles. The van der Waals surface area contributed by atoms with E-state index in [1.807, 2.05) is 6.08 Å². The molecule has 0 spiro atoms. The minimum atomic E-state index is -0.474. The average molecular weight is 353 g/mol. The van der Waals surface area contributed by atoms with Crippen LogP contribution in [0.15, 0.2) is 52.7 Å². The van der Waals surface area contributed by atoms with E-state index in [0.29, 0.717) is 24.2 Å². The third kappa shape index (κ3) is 3.36. The Balaban J connectivity index is 1.65. The number of hydrogen-bond donors (Lipinski definition) is 2. The second-order valence-corrected chi connectivity index (χ2v) is 7.67. The van der Waals surface area contributed by atoms with E-state index < -0.39 is 5.41 Å². The summed E-state index contributed by atoms with van der Waals surface area (Å²) in [5.41, 5.74) is 8.87. The molecule has 136 valence electrons. The van der Waals surface area contributed by atoms with Crippen LogP contribution in [0.3, 0.4) is 0 Å². The fraction of sp³-hybridized carbons (Fsp3) is 0.429. The second-order valence-electron chi connectivity index (χ2n) is 7.67. The van der Waals surface area contributed by atoms with E-state index in [1.54, 1.807) is 18.3 Å². The highest BCUT2D eigenvalue weighted by atomic mass is 19.1. The van der Waals surface area contributed by atoms with Crippen molar-refractivity contribution in [3.63, 3.8) is 0 Å². The number of nitrogens with one attached hydrogen (secondary N) is 1. The summed E-state index contributed by atoms with van der Waals surface area (Å²) in [4.78, 5) is 16.7. The molecule has 2 saturated carbocycles. The van der Waals surface area contributed by atoms with Crippen LogP contribution in [0.5, 0.6) is 0 Å². The van der Waals surface area contributed by atoms with Crippen molar-refractivity contribution >= 4 is 17.7 Å². The lowest BCUT2D eigenvalue weighted by molar-refractivity contribution is -0.115. The van der Waals surface area contributed by atoms with E-state index in [0.717, 1.165) is 42.4 Å². The van der Waals surface area contributed by atoms with Crippen LogP contribution >= 0.6 is 0 Å². The van der Waals surface area contributed by atoms with Crippen molar-refractivity contribution in [2.24, 2.45) is 16.1 Å². The van der Waals surface area contributed by atoms with Gasteiger partial charge in [0.25, 0.3) is 0 Å². The number of allylic oxidation sites excluding steroid dienone is 3. The molecule has 0 bridgehead atoms. The number of nitrogens with zero attached hydrogens (tertiary/aromatic N) is 1. The number of halogens is 1. The summed E-state index contributed by atoms with van der Waals surface area (Å²) in [6, 6.07) is 7.11. The molecule has 3 aliphatic carbocycles. The van der Waals surface area contributed by atoms with Gasteiger partial charge in [-0.25, -0.2) is 9.38 Å². The van der Waals surface area contributed by atoms with Crippen LogP contribution in [0.25, 0.3) is 0 Å². The van der Waals surface area contributed by atoms with Gasteiger partial charge < -0.3 is 15.8 Å². The molecule has 2 fully saturated rings. The molecule has 4 nitrogen and oxygen atoms in total. The lowest BCUT2D eigenvalue weighted by atomic mass is 9.63. The summed E-state index contributed by atoms with van der Waals surface area (Å²) < 4.78 is 13.1. The Morgan fingerprint density at radius 2 is 1.96 bits per heavy atom. The largest absolute Gasteiger partial charge is 0.404 e. The Morgan fingerprint density at radius 1 is 1.19 bits per heavy atom. The molecule has 0 radical (unpaired) electrons. The van der Waals surface area contributed by atoms with Crippen molar-refractivity contribution in [2.75, 3.05) is 0 Å². The number of aldehydes is 1. The van der Waals surface area contributed by atoms with E-state index in [1.165, 1.54) is 25.0 Å². The molecule has 2 atom stereocenters. The highest BCUT2D eigenvalue weighted by Crippen LogP contribution is 2.47. The van der Waals surface area contributed by atoms with Gasteiger partial charge in [-0.3, -0.25) is 0 Å². The number of carbonyl (C=O) groups is 1. The number of fused-ring (bicyclic) bond motifs is 1. The molecule has 3 N–H and O–H groups in total. The van der Waals surface area contributed by atoms with Gasteiger partial charge in [0.1, 0.15) is 12.1 Å². The predicted molar refractivity (Wildman–Crippen MR) is 101 cm³/mol. The van der Waals surface area contributed by atoms with Crippen molar-refractivity contribution in [3.05, 3.63) is 53.5 Å². The summed E-state index contributed by atoms with van der Waals surface area (Å²) in [6.45, 7) is 0. The number of hydrogen-bond acceptors (Lipinski definition) is 4. The molecule has 0 heterocycles. The SMILES string of the molecule is N/C=C1/CC2(C=O)CC(NC3CC3)CCC2=CC1=Nc1ccc(F)cc1. The lowest BCUT2D eigenvalue weighted by Crippen LogP contribution is -2.44. The van der Waals surface area contributed by atoms with E-state index in [4.69, 9.17) is 5.73 Å². The van der Waals surface area contributed by atoms with Crippen LogP contribution in [0.4, 0.5) is 10.1 Å². The third-order valence-electron chi connectivity index (χ3n) is 5.71. The Hall–Kier alpha value is -2.27. The third-order valence-corrected chi connectivity index (χ3v) is 5.71. The molecule has 0 saturated heterocycles. The Bertz CT molecular complexity index is 792. The molecule has 26 heavy (non-hydrogen) atoms. The van der Waals surface area contributed by atoms with Crippen molar-refractivity contribution in [3.8, 4) is 0 Å². The molecule has 5 heteroatoms. The fourth-order valence-corrected chi connectivity index (χ4v) is 4.14. The number of nitrogens with two attached hydrogens (primary N) is 1. The normalized spacial score (nSPS) is 31.6. The van der Waals surface area contributed by atoms with Crippen LogP contribution in [-0.4, -0.2) is 24.1 Å². The first-order valence-electron chi connectivity index (χ1n) is 9.31. The number of aliphatic imine (C=N–C) groups is 1. The molecular formula is C21H24FN3O. The molecule has 0 aromatic heterocycles. The van der Waals surface area contributed by atoms with Gasteiger partial charge in [-0.05, 0) is 80.6 Å². The van der Waals surface area contributed by atoms with Gasteiger partial charge in [-0.2, -0.15) is 0 Å². The maximum Gasteiger partial charge on any atom is 0.130 e. The smallest absolute Gasteiger partial charge is 0.130 e. The van der Waals surface area contributed by atoms with Gasteiger partial charge in [0.15, 0.2) is 0 Å². The maximum atomic E-state index is 13.1. The Labute approximate surface area is 153 Å². The number of benzene rings is 1. The van der Waals surface area contributed by atoms with Crippen LogP contribution in [-0.2, 0) is 4.79 Å². The van der Waals surface area contributed by atoms with Gasteiger partial charge >= 0.3 is 0 Å². The molecule has 0 amide bonds. The van der Waals surface area contributed by atoms with E-state index >= 15 is 0 Å². The molecular weight excluding hydrogens is 329 g/mol. The van der Waals surface area contributed by atoms with Crippen LogP contribution in [0.2, 0.25) is 0 Å². The summed E-state index contributed by atoms with van der Waals surface area (Å²) in [5, 5.41) is 3.67. The molecule has 1 aromatic carbocycles. The molecule has 4 rings (SSSR count). The van der Waals surface area contributed by atoms with Crippen LogP contribution in [0.1, 0.15) is 38.5 Å². The van der Waals surface area contributed by atoms with Gasteiger partial charge in [0.05, 0.1) is 16.8 Å². The second kappa shape index (κ2) is 6.80. The maximum absolute atomic E-state index is 13.1. The van der Waals surface area contributed by atoms with E-state index in [-0.39, 0.29) is 5.82 Å². The van der Waals surface area contributed by atoms with Crippen LogP contribution in [0, 0.1) is 11.2 Å². The Kier molecular flexibility index (Phi) is 4.49. The van der Waals surface area contributed by atoms with E-state index in [2.05, 4.69) is 10.3 Å². The predicted octanol–water partition coefficient (Wildman–Crippen LogP) is 3.56. The number of carbonyl (C=O) groups excluding carboxylic acids is 1. The van der Waals surface area contributed by atoms with Crippen molar-refractivity contribution in [2.45, 2.75) is 50.6 Å². The van der Waals surface area contributed by atoms with Gasteiger partial charge in [-0.15, -0.1) is 0 Å². The minimum absolute atomic E-state index is 0.285. The molecule has 3 aliphatic rings. The number of rotatable bonds is 4. The zero-order valence-corrected chi connectivity index (χ0v) is 14.7. The summed E-state index contributed by atoms with van der Waals surface area (Å²) in [7, 11) is 0. The summed E-state index contributed by atoms with van der Waals surface area (Å²) >= 11 is 0.